The molecule has 8 nitrogen and oxygen atoms in total. The highest BCUT2D eigenvalue weighted by molar-refractivity contribution is 5.72. The maximum atomic E-state index is 12.8. The van der Waals surface area contributed by atoms with Crippen LogP contribution in [-0.2, 0) is 28.6 Å². The van der Waals surface area contributed by atoms with Gasteiger partial charge in [0.2, 0.25) is 0 Å². The molecule has 0 heterocycles. The Morgan fingerprint density at radius 2 is 0.906 bits per heavy atom. The molecule has 2 unspecified atom stereocenters. The Hall–Kier alpha value is -4.27. The van der Waals surface area contributed by atoms with E-state index in [0.717, 1.165) is 96.3 Å². The number of rotatable bonds is 42. The molecular weight excluding hydrogens is 799 g/mol. The lowest BCUT2D eigenvalue weighted by molar-refractivity contribution is -0.887. The van der Waals surface area contributed by atoms with Crippen molar-refractivity contribution in [2.45, 2.75) is 174 Å². The van der Waals surface area contributed by atoms with E-state index >= 15 is 0 Å². The molecule has 0 aromatic carbocycles. The molecule has 0 fully saturated rings. The Balaban J connectivity index is 4.47. The third-order valence-electron chi connectivity index (χ3n) is 10.1. The number of carbonyl (C=O) groups excluding carboxylic acids is 2. The van der Waals surface area contributed by atoms with Crippen molar-refractivity contribution >= 4 is 17.9 Å². The summed E-state index contributed by atoms with van der Waals surface area (Å²) in [6.07, 6.45) is 64.0. The first-order valence-electron chi connectivity index (χ1n) is 24.6. The molecule has 0 rings (SSSR count). The monoisotopic (exact) mass is 889 g/mol. The molecule has 0 aliphatic carbocycles. The fourth-order valence-corrected chi connectivity index (χ4v) is 6.33. The summed E-state index contributed by atoms with van der Waals surface area (Å²) in [4.78, 5) is 37.1. The highest BCUT2D eigenvalue weighted by Crippen LogP contribution is 2.12. The molecule has 0 radical (unpaired) electrons. The van der Waals surface area contributed by atoms with Crippen LogP contribution >= 0.6 is 0 Å². The molecule has 0 saturated carbocycles. The van der Waals surface area contributed by atoms with E-state index in [1.54, 1.807) is 0 Å². The Bertz CT molecular complexity index is 1450. The molecular formula is C56H90NO7+. The van der Waals surface area contributed by atoms with Gasteiger partial charge in [-0.05, 0) is 96.3 Å². The van der Waals surface area contributed by atoms with Crippen LogP contribution in [0.3, 0.4) is 0 Å². The van der Waals surface area contributed by atoms with E-state index in [4.69, 9.17) is 14.2 Å². The number of unbranched alkanes of at least 4 members (excludes halogenated alkanes) is 8. The second-order valence-corrected chi connectivity index (χ2v) is 17.0. The number of hydrogen-bond acceptors (Lipinski definition) is 6. The molecule has 8 heteroatoms. The van der Waals surface area contributed by atoms with E-state index in [1.807, 2.05) is 33.3 Å². The van der Waals surface area contributed by atoms with Gasteiger partial charge in [-0.3, -0.25) is 9.59 Å². The molecule has 64 heavy (non-hydrogen) atoms. The fourth-order valence-electron chi connectivity index (χ4n) is 6.33. The maximum absolute atomic E-state index is 12.8. The molecule has 1 N–H and O–H groups in total. The highest BCUT2D eigenvalue weighted by Gasteiger charge is 2.31. The number of carboxylic acid groups (broad SMARTS) is 1. The Kier molecular flexibility index (Phi) is 42.3. The van der Waals surface area contributed by atoms with Crippen molar-refractivity contribution in [3.8, 4) is 0 Å². The largest absolute Gasteiger partial charge is 0.477 e. The summed E-state index contributed by atoms with van der Waals surface area (Å²) in [5.41, 5.74) is 0. The first-order valence-corrected chi connectivity index (χ1v) is 24.6. The van der Waals surface area contributed by atoms with Crippen LogP contribution in [-0.4, -0.2) is 80.6 Å². The number of esters is 2. The van der Waals surface area contributed by atoms with Gasteiger partial charge in [-0.25, -0.2) is 4.79 Å². The number of nitrogens with zero attached hydrogens (tertiary/aromatic N) is 1. The molecule has 0 aliphatic rings. The van der Waals surface area contributed by atoms with Crippen LogP contribution in [0, 0.1) is 0 Å². The zero-order valence-electron chi connectivity index (χ0n) is 40.9. The second-order valence-electron chi connectivity index (χ2n) is 17.0. The molecule has 0 amide bonds. The van der Waals surface area contributed by atoms with E-state index in [1.165, 1.54) is 25.7 Å². The molecule has 0 spiro atoms. The Labute approximate surface area is 391 Å². The van der Waals surface area contributed by atoms with Gasteiger partial charge in [0.15, 0.2) is 12.1 Å². The zero-order chi connectivity index (χ0) is 47.0. The Morgan fingerprint density at radius 1 is 0.484 bits per heavy atom. The van der Waals surface area contributed by atoms with Gasteiger partial charge in [-0.1, -0.05) is 167 Å². The number of quaternary nitrogens is 1. The Morgan fingerprint density at radius 3 is 1.36 bits per heavy atom. The van der Waals surface area contributed by atoms with E-state index in [2.05, 4.69) is 123 Å². The summed E-state index contributed by atoms with van der Waals surface area (Å²) in [6.45, 7) is 4.47. The minimum Gasteiger partial charge on any atom is -0.477 e. The highest BCUT2D eigenvalue weighted by atomic mass is 16.6. The smallest absolute Gasteiger partial charge is 0.362 e. The normalized spacial score (nSPS) is 14.0. The summed E-state index contributed by atoms with van der Waals surface area (Å²) >= 11 is 0. The van der Waals surface area contributed by atoms with Crippen LogP contribution in [0.25, 0.3) is 0 Å². The number of likely N-dealkylation sites (N-methyl/N-ethyl adjacent to an activating group) is 1. The van der Waals surface area contributed by atoms with Crippen LogP contribution in [0.5, 0.6) is 0 Å². The first-order chi connectivity index (χ1) is 31.1. The molecule has 2 atom stereocenters. The molecule has 0 bridgehead atoms. The molecule has 0 aromatic heterocycles. The average Bonchev–Trinajstić information content (AvgIpc) is 3.26. The van der Waals surface area contributed by atoms with Crippen molar-refractivity contribution in [3.63, 3.8) is 0 Å². The standard InChI is InChI=1S/C56H89NO7/c1-6-8-10-12-14-16-18-20-22-24-26-27-29-31-33-35-37-39-41-43-45-47-55(59)64-52(50-62-49-48-53(56(60)61)57(3,4)5)51-63-54(58)46-44-42-40-38-36-34-32-30-28-25-23-21-19-17-15-13-11-9-7-2/h9,11,14-17,20-23,26-28,30-31,33-34,36,40,42,52-53H,6-8,10,12-13,18-19,24-25,29,32,35,37-39,41,43-51H2,1-5H3/p+1/b11-9+,16-14+,17-15+,22-20+,23-21+,27-26+,30-28+,33-31+,36-34+,42-40+. The number of carboxylic acids is 1. The van der Waals surface area contributed by atoms with Gasteiger partial charge in [0.25, 0.3) is 0 Å². The van der Waals surface area contributed by atoms with Crippen LogP contribution in [0.4, 0.5) is 0 Å². The minimum absolute atomic E-state index is 0.0210. The van der Waals surface area contributed by atoms with Gasteiger partial charge in [0.1, 0.15) is 6.61 Å². The molecule has 0 aromatic rings. The van der Waals surface area contributed by atoms with Crippen LogP contribution < -0.4 is 0 Å². The average molecular weight is 889 g/mol. The van der Waals surface area contributed by atoms with Crippen molar-refractivity contribution < 1.29 is 38.2 Å². The third-order valence-corrected chi connectivity index (χ3v) is 10.1. The quantitative estimate of drug-likeness (QED) is 0.0282. The van der Waals surface area contributed by atoms with Gasteiger partial charge in [0, 0.05) is 19.3 Å². The summed E-state index contributed by atoms with van der Waals surface area (Å²) in [5, 5.41) is 9.65. The van der Waals surface area contributed by atoms with Crippen molar-refractivity contribution in [3.05, 3.63) is 122 Å². The number of aliphatic carboxylic acids is 1. The van der Waals surface area contributed by atoms with E-state index in [-0.39, 0.29) is 49.1 Å². The lowest BCUT2D eigenvalue weighted by atomic mass is 10.1. The molecule has 360 valence electrons. The summed E-state index contributed by atoms with van der Waals surface area (Å²) < 4.78 is 17.2. The van der Waals surface area contributed by atoms with Crippen molar-refractivity contribution in [1.82, 2.24) is 0 Å². The van der Waals surface area contributed by atoms with Crippen molar-refractivity contribution in [1.29, 1.82) is 0 Å². The molecule has 0 saturated heterocycles. The van der Waals surface area contributed by atoms with Crippen LogP contribution in [0.15, 0.2) is 122 Å². The van der Waals surface area contributed by atoms with Gasteiger partial charge in [-0.15, -0.1) is 0 Å². The van der Waals surface area contributed by atoms with Gasteiger partial charge in [-0.2, -0.15) is 0 Å². The number of hydrogen-bond donors (Lipinski definition) is 1. The first kappa shape index (κ1) is 59.7. The zero-order valence-corrected chi connectivity index (χ0v) is 40.9. The maximum Gasteiger partial charge on any atom is 0.362 e. The predicted molar refractivity (Wildman–Crippen MR) is 270 cm³/mol. The summed E-state index contributed by atoms with van der Waals surface area (Å²) in [7, 11) is 5.49. The van der Waals surface area contributed by atoms with Gasteiger partial charge >= 0.3 is 17.9 Å². The number of ether oxygens (including phenoxy) is 3. The summed E-state index contributed by atoms with van der Waals surface area (Å²) in [5.74, 6) is -1.61. The van der Waals surface area contributed by atoms with Crippen LogP contribution in [0.1, 0.15) is 162 Å². The van der Waals surface area contributed by atoms with Crippen molar-refractivity contribution in [2.75, 3.05) is 41.0 Å². The fraction of sp³-hybridized carbons (Fsp3) is 0.589. The lowest BCUT2D eigenvalue weighted by Gasteiger charge is -2.31. The third kappa shape index (κ3) is 43.0. The molecule has 0 aliphatic heterocycles. The minimum atomic E-state index is -0.893. The topological polar surface area (TPSA) is 99.1 Å². The van der Waals surface area contributed by atoms with Crippen LogP contribution in [0.2, 0.25) is 0 Å². The number of allylic oxidation sites excluding steroid dienone is 20. The number of carbonyl (C=O) groups is 3. The summed E-state index contributed by atoms with van der Waals surface area (Å²) in [6, 6.07) is -0.638. The second kappa shape index (κ2) is 45.3. The van der Waals surface area contributed by atoms with E-state index in [9.17, 15) is 19.5 Å². The van der Waals surface area contributed by atoms with Crippen molar-refractivity contribution in [2.24, 2.45) is 0 Å². The SMILES string of the molecule is CC/C=C/C/C=C/C/C=C/C/C=C/C/C=C/C/C=C/CCC(=O)OCC(COCCC(C(=O)O)[N+](C)(C)C)OC(=O)CCCCCCC/C=C/C/C=C/C/C=C/C/C=C/CCCCC. The van der Waals surface area contributed by atoms with Gasteiger partial charge in [0.05, 0.1) is 34.4 Å². The van der Waals surface area contributed by atoms with E-state index < -0.39 is 18.1 Å². The van der Waals surface area contributed by atoms with Gasteiger partial charge < -0.3 is 23.8 Å². The van der Waals surface area contributed by atoms with E-state index in [0.29, 0.717) is 12.8 Å². The lowest BCUT2D eigenvalue weighted by Crippen LogP contribution is -2.50. The predicted octanol–water partition coefficient (Wildman–Crippen LogP) is 14.2.